The van der Waals surface area contributed by atoms with Crippen LogP contribution < -0.4 is 23.8 Å². The molecule has 37 heavy (non-hydrogen) atoms. The summed E-state index contributed by atoms with van der Waals surface area (Å²) in [4.78, 5) is 38.9. The SMILES string of the molecule is COc1ccc(OC(=O)N(CC(=O)O)Cc2ccc(OCCN3C(=O)COc4ccccc43)cc2)cc1. The highest BCUT2D eigenvalue weighted by Crippen LogP contribution is 2.31. The minimum absolute atomic E-state index is 0.0144. The van der Waals surface area contributed by atoms with E-state index in [-0.39, 0.29) is 31.4 Å². The number of benzene rings is 3. The molecule has 0 fully saturated rings. The molecular formula is C27H26N2O8. The van der Waals surface area contributed by atoms with Crippen LogP contribution in [0.15, 0.2) is 72.8 Å². The smallest absolute Gasteiger partial charge is 0.416 e. The summed E-state index contributed by atoms with van der Waals surface area (Å²) in [6, 6.07) is 20.6. The third kappa shape index (κ3) is 6.69. The molecule has 10 nitrogen and oxygen atoms in total. The van der Waals surface area contributed by atoms with Gasteiger partial charge in [-0.05, 0) is 54.1 Å². The Morgan fingerprint density at radius 1 is 0.973 bits per heavy atom. The number of aliphatic carboxylic acids is 1. The number of hydrogen-bond donors (Lipinski definition) is 1. The zero-order valence-electron chi connectivity index (χ0n) is 20.2. The van der Waals surface area contributed by atoms with Gasteiger partial charge in [-0.1, -0.05) is 24.3 Å². The maximum atomic E-state index is 12.6. The molecule has 0 saturated carbocycles. The lowest BCUT2D eigenvalue weighted by Gasteiger charge is -2.29. The molecule has 0 aliphatic carbocycles. The highest BCUT2D eigenvalue weighted by Gasteiger charge is 2.25. The maximum Gasteiger partial charge on any atom is 0.416 e. The number of carboxylic acid groups (broad SMARTS) is 1. The molecule has 3 aromatic rings. The Morgan fingerprint density at radius 2 is 1.65 bits per heavy atom. The fraction of sp³-hybridized carbons (Fsp3) is 0.222. The van der Waals surface area contributed by atoms with Crippen molar-refractivity contribution in [2.45, 2.75) is 6.54 Å². The van der Waals surface area contributed by atoms with E-state index >= 15 is 0 Å². The summed E-state index contributed by atoms with van der Waals surface area (Å²) < 4.78 is 21.6. The number of ether oxygens (including phenoxy) is 4. The van der Waals surface area contributed by atoms with Crippen LogP contribution in [0.1, 0.15) is 5.56 Å². The van der Waals surface area contributed by atoms with Gasteiger partial charge < -0.3 is 29.0 Å². The highest BCUT2D eigenvalue weighted by molar-refractivity contribution is 5.97. The first-order valence-corrected chi connectivity index (χ1v) is 11.5. The Balaban J connectivity index is 1.33. The Bertz CT molecular complexity index is 1240. The number of anilines is 1. The van der Waals surface area contributed by atoms with E-state index < -0.39 is 18.6 Å². The Hall–Kier alpha value is -4.73. The van der Waals surface area contributed by atoms with E-state index in [0.717, 1.165) is 4.90 Å². The van der Waals surface area contributed by atoms with E-state index in [2.05, 4.69) is 0 Å². The summed E-state index contributed by atoms with van der Waals surface area (Å²) in [7, 11) is 1.52. The highest BCUT2D eigenvalue weighted by atomic mass is 16.6. The number of methoxy groups -OCH3 is 1. The lowest BCUT2D eigenvalue weighted by atomic mass is 10.2. The van der Waals surface area contributed by atoms with Gasteiger partial charge in [0.2, 0.25) is 0 Å². The van der Waals surface area contributed by atoms with E-state index in [1.54, 1.807) is 53.4 Å². The third-order valence-electron chi connectivity index (χ3n) is 5.54. The van der Waals surface area contributed by atoms with Gasteiger partial charge in [0.25, 0.3) is 5.91 Å². The molecule has 0 unspecified atom stereocenters. The molecule has 192 valence electrons. The van der Waals surface area contributed by atoms with Gasteiger partial charge in [0.05, 0.1) is 19.3 Å². The van der Waals surface area contributed by atoms with Gasteiger partial charge in [0.15, 0.2) is 6.61 Å². The Kier molecular flexibility index (Phi) is 8.09. The maximum absolute atomic E-state index is 12.6. The minimum atomic E-state index is -1.16. The van der Waals surface area contributed by atoms with Gasteiger partial charge in [0, 0.05) is 6.54 Å². The number of carbonyl (C=O) groups excluding carboxylic acids is 2. The second kappa shape index (κ2) is 11.8. The van der Waals surface area contributed by atoms with E-state index in [0.29, 0.717) is 35.0 Å². The molecule has 2 amide bonds. The van der Waals surface area contributed by atoms with Crippen LogP contribution >= 0.6 is 0 Å². The zero-order chi connectivity index (χ0) is 26.2. The molecule has 4 rings (SSSR count). The van der Waals surface area contributed by atoms with Crippen molar-refractivity contribution >= 4 is 23.7 Å². The van der Waals surface area contributed by atoms with Crippen LogP contribution in [0, 0.1) is 0 Å². The Labute approximate surface area is 213 Å². The number of carboxylic acids is 1. The fourth-order valence-corrected chi connectivity index (χ4v) is 3.72. The van der Waals surface area contributed by atoms with Crippen LogP contribution in [0.2, 0.25) is 0 Å². The molecule has 0 bridgehead atoms. The Morgan fingerprint density at radius 3 is 2.35 bits per heavy atom. The van der Waals surface area contributed by atoms with Gasteiger partial charge in [-0.2, -0.15) is 0 Å². The van der Waals surface area contributed by atoms with Gasteiger partial charge >= 0.3 is 12.1 Å². The first-order chi connectivity index (χ1) is 17.9. The molecule has 1 heterocycles. The monoisotopic (exact) mass is 506 g/mol. The molecular weight excluding hydrogens is 480 g/mol. The molecule has 1 N–H and O–H groups in total. The van der Waals surface area contributed by atoms with Gasteiger partial charge in [0.1, 0.15) is 36.1 Å². The van der Waals surface area contributed by atoms with Crippen LogP contribution in [0.5, 0.6) is 23.0 Å². The van der Waals surface area contributed by atoms with E-state index in [1.807, 2.05) is 24.3 Å². The standard InChI is InChI=1S/C27H26N2O8/c1-34-20-10-12-22(13-11-20)37-27(33)28(17-26(31)32)16-19-6-8-21(9-7-19)35-15-14-29-23-4-2-3-5-24(23)36-18-25(29)30/h2-13H,14-18H2,1H3,(H,31,32). The van der Waals surface area contributed by atoms with Crippen molar-refractivity contribution in [2.75, 3.05) is 38.3 Å². The van der Waals surface area contributed by atoms with Crippen LogP contribution in [-0.4, -0.2) is 61.4 Å². The quantitative estimate of drug-likeness (QED) is 0.444. The molecule has 0 saturated heterocycles. The molecule has 0 aromatic heterocycles. The van der Waals surface area contributed by atoms with Gasteiger partial charge in [-0.3, -0.25) is 14.5 Å². The number of amides is 2. The largest absolute Gasteiger partial charge is 0.497 e. The van der Waals surface area contributed by atoms with Crippen LogP contribution in [0.3, 0.4) is 0 Å². The second-order valence-corrected chi connectivity index (χ2v) is 8.09. The molecule has 10 heteroatoms. The van der Waals surface area contributed by atoms with Crippen molar-refractivity contribution in [2.24, 2.45) is 0 Å². The van der Waals surface area contributed by atoms with Crippen LogP contribution in [0.25, 0.3) is 0 Å². The lowest BCUT2D eigenvalue weighted by molar-refractivity contribution is -0.138. The predicted octanol–water partition coefficient (Wildman–Crippen LogP) is 3.59. The molecule has 0 spiro atoms. The lowest BCUT2D eigenvalue weighted by Crippen LogP contribution is -2.41. The summed E-state index contributed by atoms with van der Waals surface area (Å²) >= 11 is 0. The topological polar surface area (TPSA) is 115 Å². The average molecular weight is 507 g/mol. The second-order valence-electron chi connectivity index (χ2n) is 8.09. The molecule has 0 atom stereocenters. The molecule has 1 aliphatic heterocycles. The summed E-state index contributed by atoms with van der Waals surface area (Å²) in [5, 5.41) is 9.25. The van der Waals surface area contributed by atoms with Crippen LogP contribution in [0.4, 0.5) is 10.5 Å². The van der Waals surface area contributed by atoms with Gasteiger partial charge in [-0.25, -0.2) is 4.79 Å². The molecule has 0 radical (unpaired) electrons. The van der Waals surface area contributed by atoms with E-state index in [1.165, 1.54) is 7.11 Å². The van der Waals surface area contributed by atoms with Crippen LogP contribution in [-0.2, 0) is 16.1 Å². The van der Waals surface area contributed by atoms with Crippen molar-refractivity contribution in [1.82, 2.24) is 4.90 Å². The van der Waals surface area contributed by atoms with Crippen molar-refractivity contribution in [3.63, 3.8) is 0 Å². The first-order valence-electron chi connectivity index (χ1n) is 11.5. The summed E-state index contributed by atoms with van der Waals surface area (Å²) in [6.07, 6.45) is -0.789. The summed E-state index contributed by atoms with van der Waals surface area (Å²) in [5.41, 5.74) is 1.40. The summed E-state index contributed by atoms with van der Waals surface area (Å²) in [5.74, 6) is 0.798. The number of nitrogens with zero attached hydrogens (tertiary/aromatic N) is 2. The number of fused-ring (bicyclic) bond motifs is 1. The molecule has 1 aliphatic rings. The van der Waals surface area contributed by atoms with Crippen molar-refractivity contribution in [1.29, 1.82) is 0 Å². The zero-order valence-corrected chi connectivity index (χ0v) is 20.2. The predicted molar refractivity (Wildman–Crippen MR) is 133 cm³/mol. The third-order valence-corrected chi connectivity index (χ3v) is 5.54. The van der Waals surface area contributed by atoms with Gasteiger partial charge in [-0.15, -0.1) is 0 Å². The fourth-order valence-electron chi connectivity index (χ4n) is 3.72. The van der Waals surface area contributed by atoms with E-state index in [4.69, 9.17) is 18.9 Å². The minimum Gasteiger partial charge on any atom is -0.497 e. The summed E-state index contributed by atoms with van der Waals surface area (Å²) in [6.45, 7) is 0.103. The average Bonchev–Trinajstić information content (AvgIpc) is 2.90. The number of hydrogen-bond acceptors (Lipinski definition) is 7. The number of rotatable bonds is 10. The van der Waals surface area contributed by atoms with E-state index in [9.17, 15) is 19.5 Å². The molecule has 3 aromatic carbocycles. The van der Waals surface area contributed by atoms with Crippen molar-refractivity contribution < 1.29 is 38.4 Å². The normalized spacial score (nSPS) is 12.2. The van der Waals surface area contributed by atoms with Crippen molar-refractivity contribution in [3.8, 4) is 23.0 Å². The number of carbonyl (C=O) groups is 3. The number of para-hydroxylation sites is 2. The first kappa shape index (κ1) is 25.4. The van der Waals surface area contributed by atoms with Crippen molar-refractivity contribution in [3.05, 3.63) is 78.4 Å².